The van der Waals surface area contributed by atoms with E-state index in [0.29, 0.717) is 22.7 Å². The van der Waals surface area contributed by atoms with E-state index in [9.17, 15) is 0 Å². The van der Waals surface area contributed by atoms with Gasteiger partial charge in [0.25, 0.3) is 0 Å². The number of nitrogens with zero attached hydrogens (tertiary/aromatic N) is 1. The average molecular weight is 189 g/mol. The number of hydrogen-bond donors (Lipinski definition) is 0. The molecule has 0 aliphatic carbocycles. The highest BCUT2D eigenvalue weighted by molar-refractivity contribution is 8.22. The van der Waals surface area contributed by atoms with Crippen molar-refractivity contribution in [2.75, 3.05) is 6.61 Å². The van der Waals surface area contributed by atoms with Crippen LogP contribution in [0, 0.1) is 11.3 Å². The Hall–Kier alpha value is -0.270. The summed E-state index contributed by atoms with van der Waals surface area (Å²) in [6.07, 6.45) is 0.402. The van der Waals surface area contributed by atoms with E-state index < -0.39 is 0 Å². The number of hydrogen-bond acceptors (Lipinski definition) is 4. The van der Waals surface area contributed by atoms with E-state index in [1.165, 1.54) is 11.8 Å². The van der Waals surface area contributed by atoms with E-state index >= 15 is 0 Å². The van der Waals surface area contributed by atoms with Crippen LogP contribution in [0.2, 0.25) is 0 Å². The molecule has 0 fully saturated rings. The second kappa shape index (κ2) is 6.44. The Bertz CT molecular complexity index is 162. The fourth-order valence-electron chi connectivity index (χ4n) is 0.406. The molecule has 2 nitrogen and oxygen atoms in total. The smallest absolute Gasteiger partial charge is 0.220 e. The molecule has 0 heterocycles. The lowest BCUT2D eigenvalue weighted by Crippen LogP contribution is -2.02. The highest BCUT2D eigenvalue weighted by Crippen LogP contribution is 2.12. The molecule has 0 unspecified atom stereocenters. The first-order valence-corrected chi connectivity index (χ1v) is 4.66. The molecule has 0 aromatic heterocycles. The van der Waals surface area contributed by atoms with Crippen molar-refractivity contribution < 1.29 is 4.74 Å². The van der Waals surface area contributed by atoms with Crippen LogP contribution in [0.15, 0.2) is 0 Å². The third kappa shape index (κ3) is 7.63. The summed E-state index contributed by atoms with van der Waals surface area (Å²) < 4.78 is 5.60. The standard InChI is InChI=1S/C7H11NOS2/c1-6(2)11-7(10)9-5-3-4-8/h6H,3,5H2,1-2H3. The summed E-state index contributed by atoms with van der Waals surface area (Å²) in [6.45, 7) is 4.50. The molecule has 0 saturated heterocycles. The second-order valence-electron chi connectivity index (χ2n) is 2.17. The van der Waals surface area contributed by atoms with Gasteiger partial charge >= 0.3 is 0 Å². The van der Waals surface area contributed by atoms with Gasteiger partial charge in [-0.1, -0.05) is 25.6 Å². The summed E-state index contributed by atoms with van der Waals surface area (Å²) in [7, 11) is 0. The van der Waals surface area contributed by atoms with Crippen LogP contribution in [0.5, 0.6) is 0 Å². The molecular weight excluding hydrogens is 178 g/mol. The molecule has 0 saturated carbocycles. The molecule has 0 atom stereocenters. The van der Waals surface area contributed by atoms with Crippen molar-refractivity contribution >= 4 is 28.4 Å². The zero-order chi connectivity index (χ0) is 8.69. The third-order valence-electron chi connectivity index (χ3n) is 0.766. The molecule has 0 spiro atoms. The van der Waals surface area contributed by atoms with Crippen molar-refractivity contribution in [1.29, 1.82) is 5.26 Å². The maximum atomic E-state index is 8.18. The maximum absolute atomic E-state index is 8.18. The molecule has 0 aliphatic heterocycles. The third-order valence-corrected chi connectivity index (χ3v) is 1.95. The molecule has 0 N–H and O–H groups in total. The van der Waals surface area contributed by atoms with E-state index in [4.69, 9.17) is 22.2 Å². The Morgan fingerprint density at radius 3 is 2.82 bits per heavy atom. The second-order valence-corrected chi connectivity index (χ2v) is 4.35. The summed E-state index contributed by atoms with van der Waals surface area (Å²) in [4.78, 5) is 0. The van der Waals surface area contributed by atoms with Crippen molar-refractivity contribution in [2.24, 2.45) is 0 Å². The van der Waals surface area contributed by atoms with E-state index in [2.05, 4.69) is 0 Å². The van der Waals surface area contributed by atoms with Gasteiger partial charge in [-0.25, -0.2) is 0 Å². The molecule has 4 heteroatoms. The molecule has 0 aliphatic rings. The number of ether oxygens (including phenoxy) is 1. The predicted molar refractivity (Wildman–Crippen MR) is 51.5 cm³/mol. The Kier molecular flexibility index (Phi) is 6.28. The quantitative estimate of drug-likeness (QED) is 0.504. The van der Waals surface area contributed by atoms with Gasteiger partial charge in [0.15, 0.2) is 0 Å². The monoisotopic (exact) mass is 189 g/mol. The summed E-state index contributed by atoms with van der Waals surface area (Å²) in [6, 6.07) is 1.98. The molecule has 0 amide bonds. The molecule has 0 bridgehead atoms. The minimum Gasteiger partial charge on any atom is -0.477 e. The van der Waals surface area contributed by atoms with Gasteiger partial charge in [-0.05, 0) is 12.2 Å². The molecule has 0 rings (SSSR count). The van der Waals surface area contributed by atoms with Crippen LogP contribution in [0.3, 0.4) is 0 Å². The van der Waals surface area contributed by atoms with Crippen molar-refractivity contribution in [1.82, 2.24) is 0 Å². The molecular formula is C7H11NOS2. The SMILES string of the molecule is CC(C)SC(=S)OCCC#N. The minimum absolute atomic E-state index is 0.402. The van der Waals surface area contributed by atoms with Gasteiger partial charge in [0.1, 0.15) is 6.61 Å². The first kappa shape index (κ1) is 10.7. The Morgan fingerprint density at radius 1 is 1.73 bits per heavy atom. The maximum Gasteiger partial charge on any atom is 0.220 e. The first-order chi connectivity index (χ1) is 5.16. The lowest BCUT2D eigenvalue weighted by atomic mass is 10.5. The van der Waals surface area contributed by atoms with Gasteiger partial charge in [0.05, 0.1) is 12.5 Å². The van der Waals surface area contributed by atoms with Gasteiger partial charge in [-0.3, -0.25) is 0 Å². The van der Waals surface area contributed by atoms with Crippen LogP contribution >= 0.6 is 24.0 Å². The van der Waals surface area contributed by atoms with E-state index in [0.717, 1.165) is 0 Å². The Balaban J connectivity index is 3.32. The zero-order valence-electron chi connectivity index (χ0n) is 6.66. The lowest BCUT2D eigenvalue weighted by Gasteiger charge is -2.06. The van der Waals surface area contributed by atoms with Gasteiger partial charge in [-0.2, -0.15) is 5.26 Å². The number of thioether (sulfide) groups is 1. The van der Waals surface area contributed by atoms with Crippen LogP contribution in [0.1, 0.15) is 20.3 Å². The lowest BCUT2D eigenvalue weighted by molar-refractivity contribution is 0.331. The van der Waals surface area contributed by atoms with Crippen LogP contribution in [-0.2, 0) is 4.74 Å². The van der Waals surface area contributed by atoms with E-state index in [-0.39, 0.29) is 0 Å². The Labute approximate surface area is 76.9 Å². The molecule has 0 radical (unpaired) electrons. The molecule has 0 aromatic rings. The van der Waals surface area contributed by atoms with Crippen molar-refractivity contribution in [3.05, 3.63) is 0 Å². The number of thiocarbonyl (C=S) groups is 1. The van der Waals surface area contributed by atoms with E-state index in [1.807, 2.05) is 19.9 Å². The number of rotatable bonds is 3. The largest absolute Gasteiger partial charge is 0.477 e. The highest BCUT2D eigenvalue weighted by Gasteiger charge is 2.01. The topological polar surface area (TPSA) is 33.0 Å². The van der Waals surface area contributed by atoms with Crippen LogP contribution in [-0.4, -0.2) is 16.2 Å². The van der Waals surface area contributed by atoms with Gasteiger partial charge in [0, 0.05) is 5.25 Å². The summed E-state index contributed by atoms with van der Waals surface area (Å²) in [5, 5.41) is 8.63. The minimum atomic E-state index is 0.402. The van der Waals surface area contributed by atoms with E-state index in [1.54, 1.807) is 0 Å². The highest BCUT2D eigenvalue weighted by atomic mass is 32.2. The summed E-state index contributed by atoms with van der Waals surface area (Å²) in [5.41, 5.74) is 0. The van der Waals surface area contributed by atoms with Crippen LogP contribution < -0.4 is 0 Å². The van der Waals surface area contributed by atoms with Crippen LogP contribution in [0.4, 0.5) is 0 Å². The predicted octanol–water partition coefficient (Wildman–Crippen LogP) is 2.34. The van der Waals surface area contributed by atoms with Crippen molar-refractivity contribution in [3.63, 3.8) is 0 Å². The van der Waals surface area contributed by atoms with Crippen molar-refractivity contribution in [3.8, 4) is 6.07 Å². The van der Waals surface area contributed by atoms with Gasteiger partial charge in [0.2, 0.25) is 4.38 Å². The normalized spacial score (nSPS) is 9.27. The fraction of sp³-hybridized carbons (Fsp3) is 0.714. The average Bonchev–Trinajstić information content (AvgIpc) is 1.86. The molecule has 11 heavy (non-hydrogen) atoms. The fourth-order valence-corrected chi connectivity index (χ4v) is 1.60. The van der Waals surface area contributed by atoms with Crippen molar-refractivity contribution in [2.45, 2.75) is 25.5 Å². The zero-order valence-corrected chi connectivity index (χ0v) is 8.30. The summed E-state index contributed by atoms with van der Waals surface area (Å²) >= 11 is 6.38. The molecule has 62 valence electrons. The van der Waals surface area contributed by atoms with Gasteiger partial charge in [-0.15, -0.1) is 0 Å². The van der Waals surface area contributed by atoms with Crippen LogP contribution in [0.25, 0.3) is 0 Å². The Morgan fingerprint density at radius 2 is 2.36 bits per heavy atom. The first-order valence-electron chi connectivity index (χ1n) is 3.37. The summed E-state index contributed by atoms with van der Waals surface area (Å²) in [5.74, 6) is 0. The number of nitriles is 1. The van der Waals surface area contributed by atoms with Gasteiger partial charge < -0.3 is 4.74 Å². The molecule has 0 aromatic carbocycles.